The van der Waals surface area contributed by atoms with Crippen LogP contribution in [0.25, 0.3) is 0 Å². The van der Waals surface area contributed by atoms with E-state index in [0.717, 1.165) is 12.3 Å². The molecule has 0 aliphatic rings. The van der Waals surface area contributed by atoms with Crippen LogP contribution < -0.4 is 0 Å². The van der Waals surface area contributed by atoms with Crippen molar-refractivity contribution in [2.24, 2.45) is 4.99 Å². The van der Waals surface area contributed by atoms with Crippen molar-refractivity contribution >= 4 is 23.5 Å². The first-order chi connectivity index (χ1) is 6.45. The number of hydrogen-bond acceptors (Lipinski definition) is 3. The van der Waals surface area contributed by atoms with Gasteiger partial charge in [0.25, 0.3) is 0 Å². The third-order valence-corrected chi connectivity index (χ3v) is 1.61. The summed E-state index contributed by atoms with van der Waals surface area (Å²) in [5.41, 5.74) is -1.08. The summed E-state index contributed by atoms with van der Waals surface area (Å²) in [4.78, 5) is 16.1. The number of carbonyl (C=O) groups excluding carboxylic acids is 1. The van der Waals surface area contributed by atoms with Crippen molar-refractivity contribution in [3.63, 3.8) is 0 Å². The van der Waals surface area contributed by atoms with Crippen LogP contribution in [-0.4, -0.2) is 11.1 Å². The van der Waals surface area contributed by atoms with Gasteiger partial charge in [-0.15, -0.1) is 4.99 Å². The van der Waals surface area contributed by atoms with Crippen LogP contribution in [0.15, 0.2) is 17.3 Å². The van der Waals surface area contributed by atoms with E-state index < -0.39 is 16.8 Å². The summed E-state index contributed by atoms with van der Waals surface area (Å²) in [5.74, 6) is -0.378. The molecule has 0 amide bonds. The van der Waals surface area contributed by atoms with Crippen molar-refractivity contribution in [1.82, 2.24) is 4.98 Å². The van der Waals surface area contributed by atoms with Crippen molar-refractivity contribution in [1.29, 1.82) is 0 Å². The smallest absolute Gasteiger partial charge is 0.235 e. The first-order valence-corrected chi connectivity index (χ1v) is 3.63. The number of aromatic nitrogens is 1. The van der Waals surface area contributed by atoms with Crippen LogP contribution in [-0.2, 0) is 11.0 Å². The van der Waals surface area contributed by atoms with Crippen molar-refractivity contribution in [2.75, 3.05) is 0 Å². The molecule has 0 bridgehead atoms. The summed E-state index contributed by atoms with van der Waals surface area (Å²) in [6.45, 7) is 0. The van der Waals surface area contributed by atoms with Crippen LogP contribution in [0.4, 0.5) is 19.0 Å². The molecule has 1 aromatic heterocycles. The fourth-order valence-electron chi connectivity index (χ4n) is 0.753. The van der Waals surface area contributed by atoms with Gasteiger partial charge in [0.15, 0.2) is 5.82 Å². The zero-order chi connectivity index (χ0) is 10.8. The van der Waals surface area contributed by atoms with Gasteiger partial charge in [0.2, 0.25) is 6.08 Å². The van der Waals surface area contributed by atoms with Gasteiger partial charge in [0.1, 0.15) is 0 Å². The molecule has 0 saturated carbocycles. The number of nitrogens with zero attached hydrogens (tertiary/aromatic N) is 2. The summed E-state index contributed by atoms with van der Waals surface area (Å²) in [7, 11) is 0. The Balaban J connectivity index is 3.28. The number of hydrogen-bond donors (Lipinski definition) is 0. The zero-order valence-corrected chi connectivity index (χ0v) is 7.23. The molecule has 0 spiro atoms. The summed E-state index contributed by atoms with van der Waals surface area (Å²) >= 11 is 5.26. The molecule has 14 heavy (non-hydrogen) atoms. The first kappa shape index (κ1) is 10.7. The SMILES string of the molecule is O=C=Nc1cc(C(F)(F)F)c(Cl)cn1. The van der Waals surface area contributed by atoms with E-state index in [1.165, 1.54) is 0 Å². The molecule has 0 fully saturated rings. The standard InChI is InChI=1S/C7H2ClF3N2O/c8-5-2-12-6(13-3-14)1-4(5)7(9,10)11/h1-2H. The lowest BCUT2D eigenvalue weighted by Crippen LogP contribution is -2.05. The minimum atomic E-state index is -4.59. The molecule has 0 saturated heterocycles. The molecule has 0 aliphatic heterocycles. The van der Waals surface area contributed by atoms with E-state index >= 15 is 0 Å². The van der Waals surface area contributed by atoms with Crippen LogP contribution >= 0.6 is 11.6 Å². The summed E-state index contributed by atoms with van der Waals surface area (Å²) in [6, 6.07) is 0.577. The molecule has 1 heterocycles. The Labute approximate surface area is 81.2 Å². The van der Waals surface area contributed by atoms with E-state index in [2.05, 4.69) is 9.98 Å². The Hall–Kier alpha value is -1.39. The quantitative estimate of drug-likeness (QED) is 0.542. The van der Waals surface area contributed by atoms with Crippen LogP contribution in [0.3, 0.4) is 0 Å². The lowest BCUT2D eigenvalue weighted by atomic mass is 10.2. The Morgan fingerprint density at radius 2 is 2.14 bits per heavy atom. The molecule has 0 radical (unpaired) electrons. The Kier molecular flexibility index (Phi) is 2.88. The molecule has 0 atom stereocenters. The van der Waals surface area contributed by atoms with Gasteiger partial charge in [0.05, 0.1) is 10.6 Å². The molecular weight excluding hydrogens is 221 g/mol. The normalized spacial score (nSPS) is 10.9. The van der Waals surface area contributed by atoms with Crippen LogP contribution in [0.5, 0.6) is 0 Å². The lowest BCUT2D eigenvalue weighted by molar-refractivity contribution is -0.137. The first-order valence-electron chi connectivity index (χ1n) is 3.26. The molecule has 0 aliphatic carbocycles. The Bertz CT molecular complexity index is 398. The number of isocyanates is 1. The molecular formula is C7H2ClF3N2O. The van der Waals surface area contributed by atoms with E-state index in [-0.39, 0.29) is 5.82 Å². The Morgan fingerprint density at radius 1 is 1.50 bits per heavy atom. The van der Waals surface area contributed by atoms with E-state index in [9.17, 15) is 18.0 Å². The molecule has 0 N–H and O–H groups in total. The highest BCUT2D eigenvalue weighted by Crippen LogP contribution is 2.35. The molecule has 1 rings (SSSR count). The second kappa shape index (κ2) is 3.77. The highest BCUT2D eigenvalue weighted by Gasteiger charge is 2.33. The predicted molar refractivity (Wildman–Crippen MR) is 42.0 cm³/mol. The van der Waals surface area contributed by atoms with Crippen LogP contribution in [0.2, 0.25) is 5.02 Å². The maximum atomic E-state index is 12.2. The Morgan fingerprint density at radius 3 is 2.64 bits per heavy atom. The van der Waals surface area contributed by atoms with E-state index in [4.69, 9.17) is 11.6 Å². The van der Waals surface area contributed by atoms with Gasteiger partial charge in [-0.05, 0) is 6.07 Å². The molecule has 0 unspecified atom stereocenters. The molecule has 0 aromatic carbocycles. The second-order valence-electron chi connectivity index (χ2n) is 2.22. The van der Waals surface area contributed by atoms with Crippen molar-refractivity contribution < 1.29 is 18.0 Å². The monoisotopic (exact) mass is 222 g/mol. The van der Waals surface area contributed by atoms with Gasteiger partial charge >= 0.3 is 6.18 Å². The van der Waals surface area contributed by atoms with Crippen molar-refractivity contribution in [3.05, 3.63) is 22.8 Å². The zero-order valence-electron chi connectivity index (χ0n) is 6.47. The summed E-state index contributed by atoms with van der Waals surface area (Å²) in [5, 5.41) is -0.539. The van der Waals surface area contributed by atoms with Gasteiger partial charge in [0, 0.05) is 6.20 Å². The van der Waals surface area contributed by atoms with Crippen molar-refractivity contribution in [2.45, 2.75) is 6.18 Å². The number of aliphatic imine (C=N–C) groups is 1. The third kappa shape index (κ3) is 2.31. The van der Waals surface area contributed by atoms with Gasteiger partial charge in [-0.2, -0.15) is 13.2 Å². The lowest BCUT2D eigenvalue weighted by Gasteiger charge is -2.07. The second-order valence-corrected chi connectivity index (χ2v) is 2.63. The molecule has 74 valence electrons. The van der Waals surface area contributed by atoms with Gasteiger partial charge in [-0.3, -0.25) is 0 Å². The number of alkyl halides is 3. The molecule has 3 nitrogen and oxygen atoms in total. The predicted octanol–water partition coefficient (Wildman–Crippen LogP) is 2.72. The average Bonchev–Trinajstić information content (AvgIpc) is 2.07. The maximum Gasteiger partial charge on any atom is 0.418 e. The van der Waals surface area contributed by atoms with Crippen LogP contribution in [0.1, 0.15) is 5.56 Å². The van der Waals surface area contributed by atoms with E-state index in [1.54, 1.807) is 0 Å². The van der Waals surface area contributed by atoms with Crippen molar-refractivity contribution in [3.8, 4) is 0 Å². The minimum absolute atomic E-state index is 0.378. The van der Waals surface area contributed by atoms with Gasteiger partial charge in [-0.25, -0.2) is 9.78 Å². The highest BCUT2D eigenvalue weighted by molar-refractivity contribution is 6.31. The average molecular weight is 223 g/mol. The maximum absolute atomic E-state index is 12.2. The van der Waals surface area contributed by atoms with Crippen LogP contribution in [0, 0.1) is 0 Å². The minimum Gasteiger partial charge on any atom is -0.235 e. The van der Waals surface area contributed by atoms with E-state index in [1.807, 2.05) is 0 Å². The third-order valence-electron chi connectivity index (χ3n) is 1.31. The summed E-state index contributed by atoms with van der Waals surface area (Å²) in [6.07, 6.45) is -2.73. The van der Waals surface area contributed by atoms with E-state index in [0.29, 0.717) is 6.07 Å². The number of rotatable bonds is 1. The largest absolute Gasteiger partial charge is 0.418 e. The summed E-state index contributed by atoms with van der Waals surface area (Å²) < 4.78 is 36.6. The molecule has 1 aromatic rings. The van der Waals surface area contributed by atoms with Gasteiger partial charge in [-0.1, -0.05) is 11.6 Å². The number of pyridine rings is 1. The fourth-order valence-corrected chi connectivity index (χ4v) is 0.963. The van der Waals surface area contributed by atoms with Gasteiger partial charge < -0.3 is 0 Å². The highest BCUT2D eigenvalue weighted by atomic mass is 35.5. The molecule has 7 heteroatoms. The fraction of sp³-hybridized carbons (Fsp3) is 0.143. The topological polar surface area (TPSA) is 42.3 Å². The number of halogens is 4.